The highest BCUT2D eigenvalue weighted by atomic mass is 19.1. The van der Waals surface area contributed by atoms with Crippen molar-refractivity contribution in [1.29, 1.82) is 0 Å². The summed E-state index contributed by atoms with van der Waals surface area (Å²) >= 11 is 0. The maximum Gasteiger partial charge on any atom is 0.246 e. The molecular weight excluding hydrogens is 448 g/mol. The van der Waals surface area contributed by atoms with Crippen LogP contribution in [0.1, 0.15) is 37.3 Å². The number of rotatable bonds is 7. The van der Waals surface area contributed by atoms with Crippen LogP contribution in [0.5, 0.6) is 0 Å². The number of piperidine rings is 1. The molecule has 0 aromatic heterocycles. The van der Waals surface area contributed by atoms with Crippen molar-refractivity contribution in [3.05, 3.63) is 76.9 Å². The molecule has 1 aliphatic heterocycles. The SMILES string of the molecule is CCC(=O)N(C)[C@H](Cc1ccc(F)cc1F)C1CCN(C(=O)/C=C/c2ccc(F)cc2F)CC1. The molecule has 3 rings (SSSR count). The van der Waals surface area contributed by atoms with Crippen molar-refractivity contribution in [3.63, 3.8) is 0 Å². The van der Waals surface area contributed by atoms with E-state index in [4.69, 9.17) is 0 Å². The number of likely N-dealkylation sites (N-methyl/N-ethyl adjacent to an activating group) is 1. The number of hydrogen-bond donors (Lipinski definition) is 0. The lowest BCUT2D eigenvalue weighted by Gasteiger charge is -2.40. The number of carbonyl (C=O) groups excluding carboxylic acids is 2. The van der Waals surface area contributed by atoms with Gasteiger partial charge in [-0.05, 0) is 55.0 Å². The Labute approximate surface area is 196 Å². The third-order valence-corrected chi connectivity index (χ3v) is 6.40. The van der Waals surface area contributed by atoms with Crippen LogP contribution < -0.4 is 0 Å². The molecule has 1 fully saturated rings. The van der Waals surface area contributed by atoms with Gasteiger partial charge in [0.1, 0.15) is 23.3 Å². The maximum atomic E-state index is 14.3. The highest BCUT2D eigenvalue weighted by molar-refractivity contribution is 5.91. The van der Waals surface area contributed by atoms with E-state index < -0.39 is 23.3 Å². The van der Waals surface area contributed by atoms with E-state index in [1.807, 2.05) is 0 Å². The van der Waals surface area contributed by atoms with Gasteiger partial charge in [-0.15, -0.1) is 0 Å². The van der Waals surface area contributed by atoms with Crippen molar-refractivity contribution in [2.75, 3.05) is 20.1 Å². The van der Waals surface area contributed by atoms with Crippen molar-refractivity contribution in [1.82, 2.24) is 9.80 Å². The Morgan fingerprint density at radius 3 is 2.24 bits per heavy atom. The Balaban J connectivity index is 1.67. The summed E-state index contributed by atoms with van der Waals surface area (Å²) < 4.78 is 54.5. The van der Waals surface area contributed by atoms with Gasteiger partial charge in [-0.2, -0.15) is 0 Å². The predicted octanol–water partition coefficient (Wildman–Crippen LogP) is 4.97. The summed E-state index contributed by atoms with van der Waals surface area (Å²) in [4.78, 5) is 28.2. The first-order chi connectivity index (χ1) is 16.2. The average molecular weight is 477 g/mol. The topological polar surface area (TPSA) is 40.6 Å². The molecule has 182 valence electrons. The van der Waals surface area contributed by atoms with E-state index in [1.165, 1.54) is 30.4 Å². The van der Waals surface area contributed by atoms with Gasteiger partial charge in [0.05, 0.1) is 0 Å². The summed E-state index contributed by atoms with van der Waals surface area (Å²) in [5, 5.41) is 0. The van der Waals surface area contributed by atoms with Crippen molar-refractivity contribution in [3.8, 4) is 0 Å². The zero-order valence-corrected chi connectivity index (χ0v) is 19.2. The fraction of sp³-hybridized carbons (Fsp3) is 0.385. The van der Waals surface area contributed by atoms with Crippen LogP contribution >= 0.6 is 0 Å². The predicted molar refractivity (Wildman–Crippen MR) is 122 cm³/mol. The fourth-order valence-electron chi connectivity index (χ4n) is 4.37. The Morgan fingerprint density at radius 2 is 1.65 bits per heavy atom. The lowest BCUT2D eigenvalue weighted by molar-refractivity contribution is -0.134. The van der Waals surface area contributed by atoms with Crippen LogP contribution in [0, 0.1) is 29.2 Å². The van der Waals surface area contributed by atoms with Crippen LogP contribution in [-0.4, -0.2) is 47.8 Å². The van der Waals surface area contributed by atoms with E-state index in [-0.39, 0.29) is 35.8 Å². The van der Waals surface area contributed by atoms with Gasteiger partial charge in [0, 0.05) is 56.4 Å². The fourth-order valence-corrected chi connectivity index (χ4v) is 4.37. The number of amides is 2. The van der Waals surface area contributed by atoms with Crippen LogP contribution in [0.15, 0.2) is 42.5 Å². The Hall–Kier alpha value is -3.16. The lowest BCUT2D eigenvalue weighted by Crippen LogP contribution is -2.48. The Kier molecular flexibility index (Phi) is 8.47. The van der Waals surface area contributed by atoms with E-state index in [0.717, 1.165) is 18.2 Å². The van der Waals surface area contributed by atoms with Gasteiger partial charge in [0.2, 0.25) is 11.8 Å². The molecule has 2 aromatic rings. The molecule has 1 saturated heterocycles. The van der Waals surface area contributed by atoms with Gasteiger partial charge in [-0.25, -0.2) is 17.6 Å². The molecule has 0 radical (unpaired) electrons. The van der Waals surface area contributed by atoms with Crippen LogP contribution in [0.2, 0.25) is 0 Å². The standard InChI is InChI=1S/C26H28F4N2O2/c1-3-25(33)31(2)24(14-19-5-8-21(28)16-23(19)30)18-10-12-32(13-11-18)26(34)9-6-17-4-7-20(27)15-22(17)29/h4-9,15-16,18,24H,3,10-14H2,1-2H3/b9-6+/t24-/m1/s1. The molecule has 0 unspecified atom stereocenters. The third-order valence-electron chi connectivity index (χ3n) is 6.40. The molecule has 1 aliphatic rings. The number of nitrogens with zero attached hydrogens (tertiary/aromatic N) is 2. The summed E-state index contributed by atoms with van der Waals surface area (Å²) in [7, 11) is 1.69. The van der Waals surface area contributed by atoms with Crippen LogP contribution in [-0.2, 0) is 16.0 Å². The second-order valence-electron chi connectivity index (χ2n) is 8.53. The molecule has 1 heterocycles. The van der Waals surface area contributed by atoms with Gasteiger partial charge in [-0.1, -0.05) is 13.0 Å². The summed E-state index contributed by atoms with van der Waals surface area (Å²) in [6.07, 6.45) is 4.32. The number of halogens is 4. The molecule has 1 atom stereocenters. The van der Waals surface area contributed by atoms with Gasteiger partial charge < -0.3 is 9.80 Å². The van der Waals surface area contributed by atoms with Crippen molar-refractivity contribution in [2.45, 2.75) is 38.6 Å². The highest BCUT2D eigenvalue weighted by Gasteiger charge is 2.32. The minimum atomic E-state index is -0.748. The second-order valence-corrected chi connectivity index (χ2v) is 8.53. The first-order valence-corrected chi connectivity index (χ1v) is 11.3. The van der Waals surface area contributed by atoms with Crippen LogP contribution in [0.25, 0.3) is 6.08 Å². The molecule has 34 heavy (non-hydrogen) atoms. The summed E-state index contributed by atoms with van der Waals surface area (Å²) in [5.74, 6) is -3.08. The monoisotopic (exact) mass is 476 g/mol. The quantitative estimate of drug-likeness (QED) is 0.418. The van der Waals surface area contributed by atoms with Crippen LogP contribution in [0.4, 0.5) is 17.6 Å². The first-order valence-electron chi connectivity index (χ1n) is 11.3. The summed E-state index contributed by atoms with van der Waals surface area (Å²) in [6, 6.07) is 6.29. The smallest absolute Gasteiger partial charge is 0.246 e. The number of benzene rings is 2. The van der Waals surface area contributed by atoms with Gasteiger partial charge >= 0.3 is 0 Å². The van der Waals surface area contributed by atoms with Gasteiger partial charge in [0.25, 0.3) is 0 Å². The normalized spacial score (nSPS) is 15.5. The van der Waals surface area contributed by atoms with Crippen molar-refractivity contribution in [2.24, 2.45) is 5.92 Å². The molecule has 8 heteroatoms. The molecule has 0 bridgehead atoms. The average Bonchev–Trinajstić information content (AvgIpc) is 2.82. The van der Waals surface area contributed by atoms with Crippen molar-refractivity contribution >= 4 is 17.9 Å². The summed E-state index contributed by atoms with van der Waals surface area (Å²) in [6.45, 7) is 2.61. The van der Waals surface area contributed by atoms with Crippen molar-refractivity contribution < 1.29 is 27.2 Å². The second kappa shape index (κ2) is 11.3. The summed E-state index contributed by atoms with van der Waals surface area (Å²) in [5.41, 5.74) is 0.454. The van der Waals surface area contributed by atoms with E-state index >= 15 is 0 Å². The first kappa shape index (κ1) is 25.5. The number of carbonyl (C=O) groups is 2. The zero-order chi connectivity index (χ0) is 24.8. The van der Waals surface area contributed by atoms with E-state index in [9.17, 15) is 27.2 Å². The Morgan fingerprint density at radius 1 is 1.03 bits per heavy atom. The number of likely N-dealkylation sites (tertiary alicyclic amines) is 1. The minimum Gasteiger partial charge on any atom is -0.342 e. The molecule has 0 N–H and O–H groups in total. The maximum absolute atomic E-state index is 14.3. The third kappa shape index (κ3) is 6.24. The molecule has 2 aromatic carbocycles. The van der Waals surface area contributed by atoms with E-state index in [2.05, 4.69) is 0 Å². The van der Waals surface area contributed by atoms with Crippen LogP contribution in [0.3, 0.4) is 0 Å². The number of hydrogen-bond acceptors (Lipinski definition) is 2. The van der Waals surface area contributed by atoms with Gasteiger partial charge in [0.15, 0.2) is 0 Å². The molecule has 2 amide bonds. The highest BCUT2D eigenvalue weighted by Crippen LogP contribution is 2.28. The lowest BCUT2D eigenvalue weighted by atomic mass is 9.84. The van der Waals surface area contributed by atoms with E-state index in [1.54, 1.807) is 23.8 Å². The molecular formula is C26H28F4N2O2. The minimum absolute atomic E-state index is 0.0209. The molecule has 0 spiro atoms. The molecule has 0 aliphatic carbocycles. The zero-order valence-electron chi connectivity index (χ0n) is 19.2. The molecule has 4 nitrogen and oxygen atoms in total. The molecule has 0 saturated carbocycles. The van der Waals surface area contributed by atoms with Gasteiger partial charge in [-0.3, -0.25) is 9.59 Å². The van der Waals surface area contributed by atoms with E-state index in [0.29, 0.717) is 37.9 Å². The Bertz CT molecular complexity index is 1060. The largest absolute Gasteiger partial charge is 0.342 e.